The molecule has 0 aliphatic heterocycles. The van der Waals surface area contributed by atoms with Gasteiger partial charge in [-0.15, -0.1) is 0 Å². The van der Waals surface area contributed by atoms with E-state index in [1.54, 1.807) is 30.7 Å². The van der Waals surface area contributed by atoms with Crippen LogP contribution in [0.3, 0.4) is 0 Å². The summed E-state index contributed by atoms with van der Waals surface area (Å²) in [6, 6.07) is 35.1. The standard InChI is InChI=1S/C21H14BrN3.2C5H5NS.Pt/c22-17-9-7-15(8-10-17)16-11-13-24-21(14-16)20-6-3-5-19(25-20)18-4-1-2-12-23-18;2*7-5-3-1-2-4-6-5;/h1-14H;2*1-4H,(H,6,7);/q;;;+2/p-2. The first-order valence-electron chi connectivity index (χ1n) is 11.9. The molecule has 200 valence electrons. The Morgan fingerprint density at radius 1 is 0.450 bits per heavy atom. The minimum atomic E-state index is 0. The van der Waals surface area contributed by atoms with E-state index in [4.69, 9.17) is 30.2 Å². The van der Waals surface area contributed by atoms with Crippen molar-refractivity contribution in [3.8, 4) is 33.9 Å². The van der Waals surface area contributed by atoms with Crippen LogP contribution in [0.4, 0.5) is 0 Å². The first-order chi connectivity index (χ1) is 19.1. The van der Waals surface area contributed by atoms with E-state index in [0.717, 1.165) is 38.4 Å². The summed E-state index contributed by atoms with van der Waals surface area (Å²) < 4.78 is 1.07. The minimum Gasteiger partial charge on any atom is -0.760 e. The van der Waals surface area contributed by atoms with Gasteiger partial charge in [-0.05, 0) is 71.8 Å². The van der Waals surface area contributed by atoms with E-state index in [1.807, 2.05) is 85.1 Å². The molecule has 5 heterocycles. The van der Waals surface area contributed by atoms with Gasteiger partial charge >= 0.3 is 21.1 Å². The normalized spacial score (nSPS) is 9.62. The van der Waals surface area contributed by atoms with Gasteiger partial charge in [0, 0.05) is 29.3 Å². The third-order valence-electron chi connectivity index (χ3n) is 5.15. The Morgan fingerprint density at radius 2 is 0.975 bits per heavy atom. The van der Waals surface area contributed by atoms with E-state index in [9.17, 15) is 0 Å². The smallest absolute Gasteiger partial charge is 0.760 e. The van der Waals surface area contributed by atoms with Gasteiger partial charge in [-0.25, -0.2) is 4.98 Å². The molecular formula is C31H22BrN5PtS2. The summed E-state index contributed by atoms with van der Waals surface area (Å²) in [6.45, 7) is 0. The van der Waals surface area contributed by atoms with Crippen LogP contribution in [0.2, 0.25) is 0 Å². The van der Waals surface area contributed by atoms with E-state index in [-0.39, 0.29) is 21.1 Å². The van der Waals surface area contributed by atoms with Crippen molar-refractivity contribution < 1.29 is 21.1 Å². The summed E-state index contributed by atoms with van der Waals surface area (Å²) in [5, 5.41) is 1.31. The maximum atomic E-state index is 4.73. The maximum absolute atomic E-state index is 4.73. The molecule has 0 aliphatic carbocycles. The van der Waals surface area contributed by atoms with Gasteiger partial charge in [0.1, 0.15) is 0 Å². The SMILES string of the molecule is Brc1ccc(-c2ccnc(-c3cccc(-c4ccccn4)n3)c2)cc1.[Pt+2].[S-]c1ccccn1.[S-]c1ccccn1. The summed E-state index contributed by atoms with van der Waals surface area (Å²) in [5.41, 5.74) is 5.64. The molecular weight excluding hydrogens is 781 g/mol. The van der Waals surface area contributed by atoms with E-state index in [0.29, 0.717) is 10.1 Å². The third kappa shape index (κ3) is 9.96. The van der Waals surface area contributed by atoms with Crippen molar-refractivity contribution >= 4 is 41.2 Å². The molecule has 40 heavy (non-hydrogen) atoms. The number of aromatic nitrogens is 5. The number of hydrogen-bond donors (Lipinski definition) is 0. The molecule has 5 nitrogen and oxygen atoms in total. The molecule has 0 bridgehead atoms. The molecule has 1 aromatic carbocycles. The van der Waals surface area contributed by atoms with Crippen LogP contribution in [0.15, 0.2) is 149 Å². The minimum absolute atomic E-state index is 0. The second-order valence-corrected chi connectivity index (χ2v) is 9.65. The summed E-state index contributed by atoms with van der Waals surface area (Å²) >= 11 is 12.9. The Kier molecular flexibility index (Phi) is 12.9. The number of benzene rings is 1. The summed E-state index contributed by atoms with van der Waals surface area (Å²) in [6.07, 6.45) is 6.96. The predicted octanol–water partition coefficient (Wildman–Crippen LogP) is 7.61. The topological polar surface area (TPSA) is 64.5 Å². The average Bonchev–Trinajstić information content (AvgIpc) is 3.00. The molecule has 0 radical (unpaired) electrons. The van der Waals surface area contributed by atoms with Crippen LogP contribution < -0.4 is 0 Å². The second kappa shape index (κ2) is 16.6. The number of halogens is 1. The van der Waals surface area contributed by atoms with Gasteiger partial charge in [-0.2, -0.15) is 0 Å². The second-order valence-electron chi connectivity index (χ2n) is 7.90. The Hall–Kier alpha value is -3.42. The molecule has 6 rings (SSSR count). The van der Waals surface area contributed by atoms with Crippen LogP contribution in [-0.2, 0) is 46.3 Å². The van der Waals surface area contributed by atoms with Gasteiger partial charge in [-0.3, -0.25) is 19.9 Å². The van der Waals surface area contributed by atoms with Crippen molar-refractivity contribution in [1.82, 2.24) is 24.9 Å². The van der Waals surface area contributed by atoms with Crippen molar-refractivity contribution in [2.75, 3.05) is 0 Å². The zero-order chi connectivity index (χ0) is 27.3. The van der Waals surface area contributed by atoms with Gasteiger partial charge < -0.3 is 25.3 Å². The molecule has 0 saturated carbocycles. The Morgan fingerprint density at radius 3 is 1.48 bits per heavy atom. The van der Waals surface area contributed by atoms with E-state index >= 15 is 0 Å². The molecule has 0 N–H and O–H groups in total. The molecule has 9 heteroatoms. The van der Waals surface area contributed by atoms with Crippen LogP contribution in [0.5, 0.6) is 0 Å². The first-order valence-corrected chi connectivity index (χ1v) is 13.5. The maximum Gasteiger partial charge on any atom is 2.00 e. The van der Waals surface area contributed by atoms with Crippen molar-refractivity contribution in [3.05, 3.63) is 138 Å². The van der Waals surface area contributed by atoms with Crippen LogP contribution in [0.1, 0.15) is 0 Å². The molecule has 0 fully saturated rings. The summed E-state index contributed by atoms with van der Waals surface area (Å²) in [7, 11) is 0. The largest absolute Gasteiger partial charge is 2.00 e. The molecule has 0 amide bonds. The van der Waals surface area contributed by atoms with Crippen LogP contribution in [0, 0.1) is 0 Å². The van der Waals surface area contributed by atoms with Gasteiger partial charge in [0.25, 0.3) is 0 Å². The number of hydrogen-bond acceptors (Lipinski definition) is 7. The van der Waals surface area contributed by atoms with Crippen molar-refractivity contribution in [1.29, 1.82) is 0 Å². The van der Waals surface area contributed by atoms with Gasteiger partial charge in [-0.1, -0.05) is 74.5 Å². The quantitative estimate of drug-likeness (QED) is 0.171. The van der Waals surface area contributed by atoms with E-state index in [2.05, 4.69) is 54.1 Å². The average molecular weight is 804 g/mol. The van der Waals surface area contributed by atoms with Gasteiger partial charge in [0.15, 0.2) is 0 Å². The fourth-order valence-corrected chi connectivity index (χ4v) is 3.86. The molecule has 0 aliphatic rings. The van der Waals surface area contributed by atoms with Crippen LogP contribution in [-0.4, -0.2) is 24.9 Å². The molecule has 0 atom stereocenters. The number of pyridine rings is 5. The number of rotatable bonds is 3. The van der Waals surface area contributed by atoms with Crippen molar-refractivity contribution in [3.63, 3.8) is 0 Å². The Balaban J connectivity index is 0.000000241. The van der Waals surface area contributed by atoms with Crippen LogP contribution in [0.25, 0.3) is 33.9 Å². The summed E-state index contributed by atoms with van der Waals surface area (Å²) in [5.74, 6) is 0. The fraction of sp³-hybridized carbons (Fsp3) is 0. The molecule has 0 spiro atoms. The van der Waals surface area contributed by atoms with Gasteiger partial charge in [0.05, 0.1) is 22.8 Å². The van der Waals surface area contributed by atoms with Gasteiger partial charge in [0.2, 0.25) is 0 Å². The zero-order valence-corrected chi connectivity index (χ0v) is 26.4. The Bertz CT molecular complexity index is 1540. The van der Waals surface area contributed by atoms with Crippen LogP contribution >= 0.6 is 15.9 Å². The monoisotopic (exact) mass is 802 g/mol. The Labute approximate surface area is 267 Å². The van der Waals surface area contributed by atoms with Crippen molar-refractivity contribution in [2.45, 2.75) is 10.1 Å². The zero-order valence-electron chi connectivity index (χ0n) is 20.9. The third-order valence-corrected chi connectivity index (χ3v) is 6.16. The van der Waals surface area contributed by atoms with E-state index < -0.39 is 0 Å². The first kappa shape index (κ1) is 31.1. The predicted molar refractivity (Wildman–Crippen MR) is 164 cm³/mol. The molecule has 0 saturated heterocycles. The van der Waals surface area contributed by atoms with E-state index in [1.165, 1.54) is 0 Å². The van der Waals surface area contributed by atoms with Crippen molar-refractivity contribution in [2.24, 2.45) is 0 Å². The molecule has 0 unspecified atom stereocenters. The fourth-order valence-electron chi connectivity index (χ4n) is 3.32. The molecule has 5 aromatic heterocycles. The number of nitrogens with zero attached hydrogens (tertiary/aromatic N) is 5. The summed E-state index contributed by atoms with van der Waals surface area (Å²) in [4.78, 5) is 21.2. The molecule has 6 aromatic rings.